The van der Waals surface area contributed by atoms with E-state index < -0.39 is 25.8 Å². The van der Waals surface area contributed by atoms with Gasteiger partial charge in [0.15, 0.2) is 0 Å². The van der Waals surface area contributed by atoms with E-state index in [-0.39, 0.29) is 25.9 Å². The lowest BCUT2D eigenvalue weighted by Crippen LogP contribution is -2.14. The molecule has 0 heterocycles. The van der Waals surface area contributed by atoms with Crippen LogP contribution < -0.4 is 4.72 Å². The Morgan fingerprint density at radius 3 is 2.07 bits per heavy atom. The molecule has 0 bridgehead atoms. The third-order valence-electron chi connectivity index (χ3n) is 3.91. The van der Waals surface area contributed by atoms with E-state index in [0.717, 1.165) is 12.1 Å². The molecule has 0 atom stereocenters. The van der Waals surface area contributed by atoms with Gasteiger partial charge in [-0.1, -0.05) is 23.7 Å². The highest BCUT2D eigenvalue weighted by Crippen LogP contribution is 2.25. The van der Waals surface area contributed by atoms with Gasteiger partial charge in [0.25, 0.3) is 10.0 Å². The van der Waals surface area contributed by atoms with Crippen molar-refractivity contribution in [2.75, 3.05) is 4.72 Å². The molecule has 7 nitrogen and oxygen atoms in total. The maximum absolute atomic E-state index is 12.8. The normalized spacial score (nSPS) is 11.8. The van der Waals surface area contributed by atoms with Crippen molar-refractivity contribution in [2.24, 2.45) is 0 Å². The van der Waals surface area contributed by atoms with Gasteiger partial charge in [-0.15, -0.1) is 0 Å². The fourth-order valence-electron chi connectivity index (χ4n) is 2.49. The minimum atomic E-state index is -4.16. The van der Waals surface area contributed by atoms with Crippen LogP contribution in [0.4, 0.5) is 5.69 Å². The summed E-state index contributed by atoms with van der Waals surface area (Å²) in [6.45, 7) is 0. The maximum Gasteiger partial charge on any atom is 0.335 e. The average Bonchev–Trinajstić information content (AvgIpc) is 2.68. The van der Waals surface area contributed by atoms with Gasteiger partial charge < -0.3 is 5.11 Å². The lowest BCUT2D eigenvalue weighted by Gasteiger charge is -2.10. The molecule has 0 unspecified atom stereocenters. The number of sulfone groups is 1. The summed E-state index contributed by atoms with van der Waals surface area (Å²) in [5.41, 5.74) is -0.0554. The Morgan fingerprint density at radius 1 is 0.793 bits per heavy atom. The largest absolute Gasteiger partial charge is 0.478 e. The fourth-order valence-corrected chi connectivity index (χ4v) is 5.09. The molecule has 0 aromatic heterocycles. The highest BCUT2D eigenvalue weighted by atomic mass is 35.5. The Morgan fingerprint density at radius 2 is 1.41 bits per heavy atom. The van der Waals surface area contributed by atoms with E-state index in [1.54, 1.807) is 0 Å². The summed E-state index contributed by atoms with van der Waals surface area (Å²) in [4.78, 5) is 10.5. The number of hydrogen-bond acceptors (Lipinski definition) is 5. The molecule has 0 spiro atoms. The molecule has 3 aromatic rings. The number of benzene rings is 3. The maximum atomic E-state index is 12.8. The predicted octanol–water partition coefficient (Wildman–Crippen LogP) is 3.67. The quantitative estimate of drug-likeness (QED) is 0.590. The van der Waals surface area contributed by atoms with Crippen LogP contribution in [0, 0.1) is 0 Å². The molecule has 0 aliphatic carbocycles. The van der Waals surface area contributed by atoms with Crippen LogP contribution in [0.25, 0.3) is 0 Å². The van der Waals surface area contributed by atoms with Crippen LogP contribution in [0.3, 0.4) is 0 Å². The molecule has 0 amide bonds. The van der Waals surface area contributed by atoms with Crippen molar-refractivity contribution in [3.05, 3.63) is 83.4 Å². The van der Waals surface area contributed by atoms with E-state index in [1.165, 1.54) is 60.7 Å². The number of nitrogens with one attached hydrogen (secondary N) is 1. The molecule has 29 heavy (non-hydrogen) atoms. The number of halogens is 1. The van der Waals surface area contributed by atoms with E-state index in [4.69, 9.17) is 16.7 Å². The Balaban J connectivity index is 1.97. The standard InChI is InChI=1S/C19H14ClNO6S2/c20-14-7-9-16(10-8-14)28(24,25)17-5-2-6-18(12-17)29(26,27)21-15-4-1-3-13(11-15)19(22)23/h1-12,21H,(H,22,23). The molecule has 2 N–H and O–H groups in total. The molecule has 0 saturated heterocycles. The number of carboxylic acid groups (broad SMARTS) is 1. The van der Waals surface area contributed by atoms with Gasteiger partial charge >= 0.3 is 5.97 Å². The first-order valence-corrected chi connectivity index (χ1v) is 11.4. The number of hydrogen-bond donors (Lipinski definition) is 2. The molecule has 3 rings (SSSR count). The highest BCUT2D eigenvalue weighted by molar-refractivity contribution is 7.93. The lowest BCUT2D eigenvalue weighted by molar-refractivity contribution is 0.0697. The zero-order chi connectivity index (χ0) is 21.2. The number of aromatic carboxylic acids is 1. The summed E-state index contributed by atoms with van der Waals surface area (Å²) in [5, 5.41) is 9.39. The summed E-state index contributed by atoms with van der Waals surface area (Å²) in [6.07, 6.45) is 0. The van der Waals surface area contributed by atoms with Crippen molar-refractivity contribution in [1.29, 1.82) is 0 Å². The number of carbonyl (C=O) groups is 1. The van der Waals surface area contributed by atoms with Gasteiger partial charge in [-0.3, -0.25) is 4.72 Å². The average molecular weight is 452 g/mol. The van der Waals surface area contributed by atoms with E-state index in [2.05, 4.69) is 4.72 Å². The van der Waals surface area contributed by atoms with Crippen molar-refractivity contribution in [3.63, 3.8) is 0 Å². The van der Waals surface area contributed by atoms with Gasteiger partial charge in [0.05, 0.1) is 20.2 Å². The second-order valence-electron chi connectivity index (χ2n) is 5.92. The van der Waals surface area contributed by atoms with Gasteiger partial charge in [0, 0.05) is 10.7 Å². The van der Waals surface area contributed by atoms with E-state index >= 15 is 0 Å². The monoisotopic (exact) mass is 451 g/mol. The van der Waals surface area contributed by atoms with Crippen LogP contribution in [0.5, 0.6) is 0 Å². The fraction of sp³-hybridized carbons (Fsp3) is 0. The first kappa shape index (κ1) is 20.8. The smallest absolute Gasteiger partial charge is 0.335 e. The summed E-state index contributed by atoms with van der Waals surface area (Å²) >= 11 is 5.78. The Hall–Kier alpha value is -2.88. The van der Waals surface area contributed by atoms with Gasteiger partial charge in [0.1, 0.15) is 0 Å². The molecule has 0 aliphatic rings. The van der Waals surface area contributed by atoms with E-state index in [0.29, 0.717) is 5.02 Å². The molecule has 0 radical (unpaired) electrons. The van der Waals surface area contributed by atoms with Crippen LogP contribution >= 0.6 is 11.6 Å². The molecule has 0 aliphatic heterocycles. The van der Waals surface area contributed by atoms with Crippen molar-refractivity contribution < 1.29 is 26.7 Å². The minimum absolute atomic E-state index is 0.0291. The zero-order valence-electron chi connectivity index (χ0n) is 14.6. The summed E-state index contributed by atoms with van der Waals surface area (Å²) < 4.78 is 53.2. The molecule has 0 saturated carbocycles. The van der Waals surface area contributed by atoms with Gasteiger partial charge in [-0.05, 0) is 60.7 Å². The Labute approximate surface area is 172 Å². The second-order valence-corrected chi connectivity index (χ2v) is 9.99. The van der Waals surface area contributed by atoms with Crippen molar-refractivity contribution >= 4 is 43.1 Å². The highest BCUT2D eigenvalue weighted by Gasteiger charge is 2.22. The Bertz CT molecular complexity index is 1290. The SMILES string of the molecule is O=C(O)c1cccc(NS(=O)(=O)c2cccc(S(=O)(=O)c3ccc(Cl)cc3)c2)c1. The zero-order valence-corrected chi connectivity index (χ0v) is 17.0. The van der Waals surface area contributed by atoms with Crippen molar-refractivity contribution in [1.82, 2.24) is 0 Å². The summed E-state index contributed by atoms with van der Waals surface area (Å²) in [6, 6.07) is 15.6. The third-order valence-corrected chi connectivity index (χ3v) is 7.31. The van der Waals surface area contributed by atoms with E-state index in [9.17, 15) is 21.6 Å². The van der Waals surface area contributed by atoms with Crippen LogP contribution in [0.1, 0.15) is 10.4 Å². The molecule has 0 fully saturated rings. The van der Waals surface area contributed by atoms with Crippen molar-refractivity contribution in [2.45, 2.75) is 14.7 Å². The predicted molar refractivity (Wildman–Crippen MR) is 108 cm³/mol. The topological polar surface area (TPSA) is 118 Å². The van der Waals surface area contributed by atoms with Gasteiger partial charge in [0.2, 0.25) is 9.84 Å². The van der Waals surface area contributed by atoms with Gasteiger partial charge in [-0.25, -0.2) is 21.6 Å². The lowest BCUT2D eigenvalue weighted by atomic mass is 10.2. The molecular formula is C19H14ClNO6S2. The van der Waals surface area contributed by atoms with Crippen LogP contribution in [0.2, 0.25) is 5.02 Å². The van der Waals surface area contributed by atoms with E-state index in [1.807, 2.05) is 0 Å². The third kappa shape index (κ3) is 4.58. The second kappa shape index (κ2) is 7.86. The molecular weight excluding hydrogens is 438 g/mol. The number of anilines is 1. The summed E-state index contributed by atoms with van der Waals surface area (Å²) in [5.74, 6) is -1.21. The number of sulfonamides is 1. The first-order valence-electron chi connectivity index (χ1n) is 8.06. The van der Waals surface area contributed by atoms with Crippen LogP contribution in [-0.2, 0) is 19.9 Å². The number of rotatable bonds is 6. The molecule has 3 aromatic carbocycles. The first-order chi connectivity index (χ1) is 13.6. The minimum Gasteiger partial charge on any atom is -0.478 e. The van der Waals surface area contributed by atoms with Crippen LogP contribution in [-0.4, -0.2) is 27.9 Å². The number of carboxylic acids is 1. The van der Waals surface area contributed by atoms with Crippen LogP contribution in [0.15, 0.2) is 87.5 Å². The molecule has 10 heteroatoms. The van der Waals surface area contributed by atoms with Gasteiger partial charge in [-0.2, -0.15) is 0 Å². The molecule has 150 valence electrons. The summed E-state index contributed by atoms with van der Waals surface area (Å²) in [7, 11) is -8.11. The van der Waals surface area contributed by atoms with Crippen molar-refractivity contribution in [3.8, 4) is 0 Å². The Kier molecular flexibility index (Phi) is 5.65.